The molecule has 0 bridgehead atoms. The lowest BCUT2D eigenvalue weighted by Crippen LogP contribution is -2.51. The highest BCUT2D eigenvalue weighted by Gasteiger charge is 2.30. The lowest BCUT2D eigenvalue weighted by atomic mass is 10.0. The van der Waals surface area contributed by atoms with E-state index in [0.29, 0.717) is 28.8 Å². The second-order valence-corrected chi connectivity index (χ2v) is 11.3. The first-order chi connectivity index (χ1) is 18.6. The molecule has 0 aliphatic carbocycles. The topological polar surface area (TPSA) is 92.6 Å². The van der Waals surface area contributed by atoms with Crippen LogP contribution in [0.25, 0.3) is 0 Å². The van der Waals surface area contributed by atoms with E-state index in [2.05, 4.69) is 5.32 Å². The van der Waals surface area contributed by atoms with E-state index >= 15 is 0 Å². The number of nitro groups is 1. The maximum atomic E-state index is 13.7. The molecule has 0 spiro atoms. The van der Waals surface area contributed by atoms with Crippen molar-refractivity contribution < 1.29 is 14.5 Å². The Kier molecular flexibility index (Phi) is 11.7. The zero-order chi connectivity index (χ0) is 28.4. The molecule has 3 aromatic rings. The molecule has 0 saturated carbocycles. The largest absolute Gasteiger partial charge is 0.354 e. The third-order valence-electron chi connectivity index (χ3n) is 5.93. The monoisotopic (exact) mass is 587 g/mol. The molecule has 1 N–H and O–H groups in total. The fourth-order valence-electron chi connectivity index (χ4n) is 3.86. The van der Waals surface area contributed by atoms with Gasteiger partial charge >= 0.3 is 0 Å². The molecule has 0 radical (unpaired) electrons. The molecule has 0 aliphatic rings. The number of hydrogen-bond acceptors (Lipinski definition) is 5. The minimum atomic E-state index is -0.743. The summed E-state index contributed by atoms with van der Waals surface area (Å²) in [4.78, 5) is 39.2. The van der Waals surface area contributed by atoms with E-state index in [9.17, 15) is 19.7 Å². The molecule has 0 aliphatic heterocycles. The summed E-state index contributed by atoms with van der Waals surface area (Å²) >= 11 is 13.7. The molecule has 0 fully saturated rings. The number of carbonyl (C=O) groups is 2. The van der Waals surface area contributed by atoms with Gasteiger partial charge in [0.2, 0.25) is 11.8 Å². The van der Waals surface area contributed by atoms with Gasteiger partial charge in [0.15, 0.2) is 0 Å². The maximum absolute atomic E-state index is 13.7. The van der Waals surface area contributed by atoms with Crippen LogP contribution in [-0.2, 0) is 28.3 Å². The van der Waals surface area contributed by atoms with Gasteiger partial charge in [-0.3, -0.25) is 19.7 Å². The Labute approximate surface area is 243 Å². The number of halogens is 2. The molecule has 39 heavy (non-hydrogen) atoms. The van der Waals surface area contributed by atoms with Crippen molar-refractivity contribution >= 4 is 52.5 Å². The molecule has 3 rings (SSSR count). The van der Waals surface area contributed by atoms with Gasteiger partial charge in [0.25, 0.3) is 5.69 Å². The highest BCUT2D eigenvalue weighted by molar-refractivity contribution is 7.99. The first-order valence-electron chi connectivity index (χ1n) is 12.5. The van der Waals surface area contributed by atoms with Gasteiger partial charge in [0.1, 0.15) is 6.04 Å². The van der Waals surface area contributed by atoms with Crippen LogP contribution >= 0.6 is 35.0 Å². The third-order valence-corrected chi connectivity index (χ3v) is 7.66. The Bertz CT molecular complexity index is 1270. The Morgan fingerprint density at radius 3 is 2.23 bits per heavy atom. The molecule has 0 aromatic heterocycles. The number of rotatable bonds is 13. The van der Waals surface area contributed by atoms with E-state index in [1.54, 1.807) is 35.2 Å². The van der Waals surface area contributed by atoms with Crippen LogP contribution in [0.1, 0.15) is 30.5 Å². The van der Waals surface area contributed by atoms with E-state index in [0.717, 1.165) is 16.7 Å². The second kappa shape index (κ2) is 14.9. The Morgan fingerprint density at radius 2 is 1.62 bits per heavy atom. The first-order valence-corrected chi connectivity index (χ1v) is 14.4. The predicted molar refractivity (Wildman–Crippen MR) is 158 cm³/mol. The van der Waals surface area contributed by atoms with Gasteiger partial charge in [0, 0.05) is 37.4 Å². The summed E-state index contributed by atoms with van der Waals surface area (Å²) in [5.74, 6) is 0.451. The molecule has 7 nitrogen and oxygen atoms in total. The van der Waals surface area contributed by atoms with Crippen molar-refractivity contribution in [2.45, 2.75) is 38.6 Å². The lowest BCUT2D eigenvalue weighted by molar-refractivity contribution is -0.384. The van der Waals surface area contributed by atoms with Crippen molar-refractivity contribution in [3.05, 3.63) is 110 Å². The van der Waals surface area contributed by atoms with E-state index in [-0.39, 0.29) is 35.7 Å². The van der Waals surface area contributed by atoms with Crippen molar-refractivity contribution in [3.8, 4) is 0 Å². The summed E-state index contributed by atoms with van der Waals surface area (Å²) in [6.45, 7) is 4.70. The molecule has 1 unspecified atom stereocenters. The van der Waals surface area contributed by atoms with Crippen molar-refractivity contribution in [2.24, 2.45) is 5.92 Å². The van der Waals surface area contributed by atoms with E-state index in [4.69, 9.17) is 23.2 Å². The maximum Gasteiger partial charge on any atom is 0.269 e. The molecule has 206 valence electrons. The summed E-state index contributed by atoms with van der Waals surface area (Å²) in [7, 11) is 0. The Hall–Kier alpha value is -3.07. The van der Waals surface area contributed by atoms with Crippen LogP contribution < -0.4 is 5.32 Å². The fourth-order valence-corrected chi connectivity index (χ4v) is 5.06. The lowest BCUT2D eigenvalue weighted by Gasteiger charge is -2.32. The molecule has 3 aromatic carbocycles. The smallest absolute Gasteiger partial charge is 0.269 e. The quantitative estimate of drug-likeness (QED) is 0.181. The fraction of sp³-hybridized carbons (Fsp3) is 0.310. The average molecular weight is 589 g/mol. The number of carbonyl (C=O) groups excluding carboxylic acids is 2. The van der Waals surface area contributed by atoms with Crippen LogP contribution in [-0.4, -0.2) is 40.0 Å². The Morgan fingerprint density at radius 1 is 0.949 bits per heavy atom. The Balaban J connectivity index is 1.84. The van der Waals surface area contributed by atoms with Gasteiger partial charge < -0.3 is 10.2 Å². The highest BCUT2D eigenvalue weighted by Crippen LogP contribution is 2.25. The van der Waals surface area contributed by atoms with Gasteiger partial charge in [-0.05, 0) is 34.7 Å². The van der Waals surface area contributed by atoms with E-state index in [1.165, 1.54) is 23.9 Å². The molecule has 10 heteroatoms. The summed E-state index contributed by atoms with van der Waals surface area (Å²) in [6, 6.07) is 20.3. The van der Waals surface area contributed by atoms with Crippen LogP contribution in [0.4, 0.5) is 5.69 Å². The van der Waals surface area contributed by atoms with Crippen LogP contribution in [0.5, 0.6) is 0 Å². The number of nitro benzene ring substituents is 1. The second-order valence-electron chi connectivity index (χ2n) is 9.53. The van der Waals surface area contributed by atoms with E-state index < -0.39 is 11.0 Å². The number of nitrogens with zero attached hydrogens (tertiary/aromatic N) is 2. The van der Waals surface area contributed by atoms with Crippen LogP contribution in [0, 0.1) is 16.0 Å². The zero-order valence-corrected chi connectivity index (χ0v) is 24.1. The molecule has 2 amide bonds. The molecular formula is C29H31Cl2N3O4S. The van der Waals surface area contributed by atoms with Gasteiger partial charge in [0.05, 0.1) is 20.7 Å². The van der Waals surface area contributed by atoms with Gasteiger partial charge in [-0.25, -0.2) is 0 Å². The summed E-state index contributed by atoms with van der Waals surface area (Å²) in [6.07, 6.45) is 0.352. The van der Waals surface area contributed by atoms with Crippen molar-refractivity contribution in [3.63, 3.8) is 0 Å². The highest BCUT2D eigenvalue weighted by atomic mass is 35.5. The SMILES string of the molecule is CC(C)CNC(=O)C(Cc1ccccc1)N(Cc1ccc(Cl)c(Cl)c1)C(=O)CSCc1ccc([N+](=O)[O-])cc1. The summed E-state index contributed by atoms with van der Waals surface area (Å²) in [5.41, 5.74) is 2.58. The minimum Gasteiger partial charge on any atom is -0.354 e. The molecular weight excluding hydrogens is 557 g/mol. The van der Waals surface area contributed by atoms with Crippen LogP contribution in [0.3, 0.4) is 0 Å². The standard InChI is InChI=1S/C29H31Cl2N3O4S/c1-20(2)16-32-29(36)27(15-21-6-4-3-5-7-21)33(17-23-10-13-25(30)26(31)14-23)28(35)19-39-18-22-8-11-24(12-9-22)34(37)38/h3-14,20,27H,15-19H2,1-2H3,(H,32,36). The molecule has 0 saturated heterocycles. The predicted octanol–water partition coefficient (Wildman–Crippen LogP) is 6.55. The normalized spacial score (nSPS) is 11.7. The van der Waals surface area contributed by atoms with Gasteiger partial charge in [-0.15, -0.1) is 11.8 Å². The van der Waals surface area contributed by atoms with Gasteiger partial charge in [-0.2, -0.15) is 0 Å². The van der Waals surface area contributed by atoms with Crippen molar-refractivity contribution in [1.29, 1.82) is 0 Å². The number of hydrogen-bond donors (Lipinski definition) is 1. The molecule has 1 atom stereocenters. The number of nitrogens with one attached hydrogen (secondary N) is 1. The van der Waals surface area contributed by atoms with Gasteiger partial charge in [-0.1, -0.05) is 85.6 Å². The van der Waals surface area contributed by atoms with Crippen LogP contribution in [0.2, 0.25) is 10.0 Å². The zero-order valence-electron chi connectivity index (χ0n) is 21.8. The number of non-ortho nitro benzene ring substituents is 1. The van der Waals surface area contributed by atoms with Crippen molar-refractivity contribution in [2.75, 3.05) is 12.3 Å². The molecule has 0 heterocycles. The number of benzene rings is 3. The summed E-state index contributed by atoms with van der Waals surface area (Å²) in [5, 5.41) is 14.7. The minimum absolute atomic E-state index is 0.0174. The number of amides is 2. The van der Waals surface area contributed by atoms with Crippen molar-refractivity contribution in [1.82, 2.24) is 10.2 Å². The first kappa shape index (κ1) is 30.5. The average Bonchev–Trinajstić information content (AvgIpc) is 2.92. The summed E-state index contributed by atoms with van der Waals surface area (Å²) < 4.78 is 0. The van der Waals surface area contributed by atoms with Crippen LogP contribution in [0.15, 0.2) is 72.8 Å². The number of thioether (sulfide) groups is 1. The third kappa shape index (κ3) is 9.56. The van der Waals surface area contributed by atoms with E-state index in [1.807, 2.05) is 44.2 Å².